The van der Waals surface area contributed by atoms with Gasteiger partial charge in [-0.25, -0.2) is 0 Å². The van der Waals surface area contributed by atoms with Crippen molar-refractivity contribution in [1.82, 2.24) is 10.2 Å². The van der Waals surface area contributed by atoms with E-state index in [1.807, 2.05) is 11.8 Å². The summed E-state index contributed by atoms with van der Waals surface area (Å²) < 4.78 is 5.61. The molecule has 1 aliphatic rings. The number of likely N-dealkylation sites (tertiary alicyclic amines) is 1. The van der Waals surface area contributed by atoms with Crippen molar-refractivity contribution in [2.24, 2.45) is 5.73 Å². The molecule has 2 atom stereocenters. The summed E-state index contributed by atoms with van der Waals surface area (Å²) in [5.74, 6) is -0.0124. The maximum absolute atomic E-state index is 12.5. The predicted molar refractivity (Wildman–Crippen MR) is 86.4 cm³/mol. The van der Waals surface area contributed by atoms with E-state index in [4.69, 9.17) is 10.5 Å². The molecule has 1 saturated heterocycles. The smallest absolute Gasteiger partial charge is 0.251 e. The summed E-state index contributed by atoms with van der Waals surface area (Å²) in [5, 5.41) is 2.88. The minimum Gasteiger partial charge on any atom is -0.369 e. The van der Waals surface area contributed by atoms with Crippen LogP contribution in [0.4, 0.5) is 0 Å². The molecular weight excluding hydrogens is 282 g/mol. The van der Waals surface area contributed by atoms with Crippen LogP contribution < -0.4 is 11.1 Å². The molecule has 2 unspecified atom stereocenters. The van der Waals surface area contributed by atoms with Crippen LogP contribution in [0.25, 0.3) is 0 Å². The van der Waals surface area contributed by atoms with Crippen molar-refractivity contribution < 1.29 is 14.3 Å². The van der Waals surface area contributed by atoms with Crippen molar-refractivity contribution in [3.05, 3.63) is 0 Å². The number of nitrogens with one attached hydrogen (secondary N) is 1. The van der Waals surface area contributed by atoms with Crippen molar-refractivity contribution in [1.29, 1.82) is 0 Å². The zero-order valence-corrected chi connectivity index (χ0v) is 14.0. The van der Waals surface area contributed by atoms with Gasteiger partial charge in [0.15, 0.2) is 0 Å². The van der Waals surface area contributed by atoms with Gasteiger partial charge in [0.25, 0.3) is 5.91 Å². The van der Waals surface area contributed by atoms with E-state index in [1.165, 1.54) is 0 Å². The van der Waals surface area contributed by atoms with E-state index < -0.39 is 6.10 Å². The predicted octanol–water partition coefficient (Wildman–Crippen LogP) is 1.04. The highest BCUT2D eigenvalue weighted by molar-refractivity contribution is 5.81. The maximum atomic E-state index is 12.5. The SMILES string of the molecule is CCCCOC(C)C(=O)N1CCCCC1CNC(=O)CCN. The number of amides is 2. The van der Waals surface area contributed by atoms with E-state index in [0.717, 1.165) is 38.6 Å². The highest BCUT2D eigenvalue weighted by Gasteiger charge is 2.30. The average molecular weight is 313 g/mol. The minimum absolute atomic E-state index is 0.0360. The zero-order chi connectivity index (χ0) is 16.4. The fraction of sp³-hybridized carbons (Fsp3) is 0.875. The largest absolute Gasteiger partial charge is 0.369 e. The van der Waals surface area contributed by atoms with Crippen LogP contribution in [-0.4, -0.2) is 55.1 Å². The number of rotatable bonds is 9. The summed E-state index contributed by atoms with van der Waals surface area (Å²) in [6, 6.07) is 0.0696. The zero-order valence-electron chi connectivity index (χ0n) is 14.0. The van der Waals surface area contributed by atoms with Crippen LogP contribution in [0.1, 0.15) is 52.4 Å². The molecule has 1 aliphatic heterocycles. The van der Waals surface area contributed by atoms with Gasteiger partial charge < -0.3 is 20.7 Å². The highest BCUT2D eigenvalue weighted by atomic mass is 16.5. The molecule has 0 aromatic rings. The summed E-state index contributed by atoms with van der Waals surface area (Å²) in [6.45, 7) is 6.14. The molecule has 128 valence electrons. The van der Waals surface area contributed by atoms with Crippen molar-refractivity contribution in [2.75, 3.05) is 26.2 Å². The first kappa shape index (κ1) is 18.9. The summed E-state index contributed by atoms with van der Waals surface area (Å²) in [7, 11) is 0. The molecule has 2 amide bonds. The molecule has 1 rings (SSSR count). The molecule has 22 heavy (non-hydrogen) atoms. The lowest BCUT2D eigenvalue weighted by Gasteiger charge is -2.37. The molecular formula is C16H31N3O3. The second-order valence-electron chi connectivity index (χ2n) is 5.89. The van der Waals surface area contributed by atoms with Crippen LogP contribution in [0.2, 0.25) is 0 Å². The first-order valence-electron chi connectivity index (χ1n) is 8.49. The Morgan fingerprint density at radius 1 is 1.41 bits per heavy atom. The number of piperidine rings is 1. The fourth-order valence-corrected chi connectivity index (χ4v) is 2.66. The molecule has 0 aliphatic carbocycles. The monoisotopic (exact) mass is 313 g/mol. The molecule has 3 N–H and O–H groups in total. The van der Waals surface area contributed by atoms with Crippen LogP contribution in [0.15, 0.2) is 0 Å². The average Bonchev–Trinajstić information content (AvgIpc) is 2.53. The number of hydrogen-bond donors (Lipinski definition) is 2. The first-order valence-corrected chi connectivity index (χ1v) is 8.49. The third kappa shape index (κ3) is 6.32. The van der Waals surface area contributed by atoms with Crippen LogP contribution >= 0.6 is 0 Å². The van der Waals surface area contributed by atoms with E-state index in [9.17, 15) is 9.59 Å². The lowest BCUT2D eigenvalue weighted by molar-refractivity contribution is -0.146. The normalized spacial score (nSPS) is 19.8. The summed E-state index contributed by atoms with van der Waals surface area (Å²) in [4.78, 5) is 26.0. The van der Waals surface area contributed by atoms with Gasteiger partial charge in [-0.3, -0.25) is 9.59 Å². The molecule has 0 spiro atoms. The molecule has 1 fully saturated rings. The summed E-state index contributed by atoms with van der Waals surface area (Å²) in [6.07, 6.45) is 4.98. The van der Waals surface area contributed by atoms with Crippen molar-refractivity contribution in [3.63, 3.8) is 0 Å². The Balaban J connectivity index is 2.49. The number of hydrogen-bond acceptors (Lipinski definition) is 4. The van der Waals surface area contributed by atoms with E-state index in [1.54, 1.807) is 0 Å². The molecule has 0 radical (unpaired) electrons. The van der Waals surface area contributed by atoms with Gasteiger partial charge in [0.1, 0.15) is 6.10 Å². The number of carbonyl (C=O) groups is 2. The fourth-order valence-electron chi connectivity index (χ4n) is 2.66. The number of carbonyl (C=O) groups excluding carboxylic acids is 2. The molecule has 6 nitrogen and oxygen atoms in total. The van der Waals surface area contributed by atoms with Gasteiger partial charge in [0.2, 0.25) is 5.91 Å². The number of nitrogens with two attached hydrogens (primary N) is 1. The lowest BCUT2D eigenvalue weighted by Crippen LogP contribution is -2.52. The second-order valence-corrected chi connectivity index (χ2v) is 5.89. The number of nitrogens with zero attached hydrogens (tertiary/aromatic N) is 1. The molecule has 0 aromatic carbocycles. The van der Waals surface area contributed by atoms with Gasteiger partial charge in [-0.05, 0) is 32.6 Å². The standard InChI is InChI=1S/C16H31N3O3/c1-3-4-11-22-13(2)16(21)19-10-6-5-7-14(19)12-18-15(20)8-9-17/h13-14H,3-12,17H2,1-2H3,(H,18,20). The molecule has 0 aromatic heterocycles. The Labute approximate surface area is 133 Å². The Hall–Kier alpha value is -1.14. The summed E-state index contributed by atoms with van der Waals surface area (Å²) >= 11 is 0. The Morgan fingerprint density at radius 2 is 2.18 bits per heavy atom. The first-order chi connectivity index (χ1) is 10.6. The highest BCUT2D eigenvalue weighted by Crippen LogP contribution is 2.18. The van der Waals surface area contributed by atoms with Crippen molar-refractivity contribution in [2.45, 2.75) is 64.5 Å². The van der Waals surface area contributed by atoms with Crippen LogP contribution in [0, 0.1) is 0 Å². The minimum atomic E-state index is -0.410. The second kappa shape index (κ2) is 10.6. The van der Waals surface area contributed by atoms with Gasteiger partial charge in [-0.15, -0.1) is 0 Å². The van der Waals surface area contributed by atoms with E-state index >= 15 is 0 Å². The van der Waals surface area contributed by atoms with Crippen molar-refractivity contribution in [3.8, 4) is 0 Å². The molecule has 6 heteroatoms. The Morgan fingerprint density at radius 3 is 2.86 bits per heavy atom. The van der Waals surface area contributed by atoms with Gasteiger partial charge in [-0.1, -0.05) is 13.3 Å². The van der Waals surface area contributed by atoms with E-state index in [-0.39, 0.29) is 17.9 Å². The maximum Gasteiger partial charge on any atom is 0.251 e. The molecule has 0 saturated carbocycles. The Kier molecular flexibility index (Phi) is 9.08. The van der Waals surface area contributed by atoms with Gasteiger partial charge >= 0.3 is 0 Å². The molecule has 0 bridgehead atoms. The van der Waals surface area contributed by atoms with E-state index in [0.29, 0.717) is 26.1 Å². The van der Waals surface area contributed by atoms with Crippen LogP contribution in [0.3, 0.4) is 0 Å². The van der Waals surface area contributed by atoms with E-state index in [2.05, 4.69) is 12.2 Å². The quantitative estimate of drug-likeness (QED) is 0.623. The topological polar surface area (TPSA) is 84.7 Å². The van der Waals surface area contributed by atoms with Gasteiger partial charge in [-0.2, -0.15) is 0 Å². The molecule has 1 heterocycles. The summed E-state index contributed by atoms with van der Waals surface area (Å²) in [5.41, 5.74) is 5.37. The lowest BCUT2D eigenvalue weighted by atomic mass is 10.0. The third-order valence-electron chi connectivity index (χ3n) is 4.03. The third-order valence-corrected chi connectivity index (χ3v) is 4.03. The van der Waals surface area contributed by atoms with Crippen molar-refractivity contribution >= 4 is 11.8 Å². The van der Waals surface area contributed by atoms with Gasteiger partial charge in [0.05, 0.1) is 0 Å². The number of ether oxygens (including phenoxy) is 1. The Bertz CT molecular complexity index is 350. The number of unbranched alkanes of at least 4 members (excludes halogenated alkanes) is 1. The van der Waals surface area contributed by atoms with Gasteiger partial charge in [0, 0.05) is 38.7 Å². The van der Waals surface area contributed by atoms with Crippen LogP contribution in [-0.2, 0) is 14.3 Å². The van der Waals surface area contributed by atoms with Crippen LogP contribution in [0.5, 0.6) is 0 Å².